The second-order valence-electron chi connectivity index (χ2n) is 11.6. The van der Waals surface area contributed by atoms with E-state index in [0.29, 0.717) is 0 Å². The van der Waals surface area contributed by atoms with E-state index in [1.54, 1.807) is 0 Å². The summed E-state index contributed by atoms with van der Waals surface area (Å²) < 4.78 is 6.85. The van der Waals surface area contributed by atoms with Crippen molar-refractivity contribution in [1.29, 1.82) is 0 Å². The molecule has 0 fully saturated rings. The Morgan fingerprint density at radius 3 is 1.52 bits per heavy atom. The van der Waals surface area contributed by atoms with Crippen LogP contribution in [-0.2, 0) is 43.5 Å². The molecule has 1 nitrogen and oxygen atoms in total. The van der Waals surface area contributed by atoms with Crippen LogP contribution in [0.5, 0.6) is 0 Å². The van der Waals surface area contributed by atoms with Crippen LogP contribution < -0.4 is 0 Å². The Labute approximate surface area is 272 Å². The topological polar surface area (TPSA) is 9.23 Å². The van der Waals surface area contributed by atoms with Gasteiger partial charge in [0, 0.05) is 0 Å². The third kappa shape index (κ3) is 5.82. The molecule has 2 aliphatic rings. The first kappa shape index (κ1) is 31.9. The summed E-state index contributed by atoms with van der Waals surface area (Å²) in [6.45, 7) is 11.6. The van der Waals surface area contributed by atoms with Crippen LogP contribution in [0, 0.1) is 6.61 Å². The first-order chi connectivity index (χ1) is 20.5. The van der Waals surface area contributed by atoms with Crippen LogP contribution in [0.4, 0.5) is 0 Å². The van der Waals surface area contributed by atoms with Crippen molar-refractivity contribution in [2.24, 2.45) is 0 Å². The molecule has 0 bridgehead atoms. The van der Waals surface area contributed by atoms with Crippen molar-refractivity contribution in [2.75, 3.05) is 0 Å². The number of benzene rings is 4. The molecule has 0 aromatic heterocycles. The third-order valence-corrected chi connectivity index (χ3v) is 14.6. The van der Waals surface area contributed by atoms with Crippen LogP contribution >= 0.6 is 17.0 Å². The molecule has 0 atom stereocenters. The second kappa shape index (κ2) is 14.1. The fourth-order valence-corrected chi connectivity index (χ4v) is 9.90. The van der Waals surface area contributed by atoms with Crippen molar-refractivity contribution >= 4 is 25.3 Å². The summed E-state index contributed by atoms with van der Waals surface area (Å²) in [5.74, 6) is 0. The molecule has 0 amide bonds. The van der Waals surface area contributed by atoms with Gasteiger partial charge in [-0.1, -0.05) is 113 Å². The molecule has 0 N–H and O–H groups in total. The van der Waals surface area contributed by atoms with Crippen LogP contribution in [-0.4, -0.2) is 8.32 Å². The number of hydrogen-bond acceptors (Lipinski definition) is 1. The van der Waals surface area contributed by atoms with Crippen molar-refractivity contribution in [3.05, 3.63) is 125 Å². The van der Waals surface area contributed by atoms with E-state index in [2.05, 4.69) is 119 Å². The molecule has 0 saturated carbocycles. The second-order valence-corrected chi connectivity index (χ2v) is 20.0. The standard InChI is InChI=1S/C37H41OSi.2ClH.Zr/c1-5-37(23-24-38-39(6-2,7-3)8-4,35-21-13-19-31-29-17-11-9-15-27(29)25-33(31)35)36-22-14-20-32-30-18-12-10-16-28(30)26-34(32)36;;;/h9-22,24H,5-8,23,25-26H2,1-4H3;2*1H;/q-1;;;+2/p-2. The van der Waals surface area contributed by atoms with Crippen LogP contribution in [0.25, 0.3) is 22.3 Å². The van der Waals surface area contributed by atoms with E-state index < -0.39 is 29.2 Å². The van der Waals surface area contributed by atoms with Crippen molar-refractivity contribution in [3.63, 3.8) is 0 Å². The summed E-state index contributed by atoms with van der Waals surface area (Å²) in [6, 6.07) is 35.6. The van der Waals surface area contributed by atoms with Gasteiger partial charge in [-0.05, 0) is 98.4 Å². The van der Waals surface area contributed by atoms with E-state index in [1.165, 1.54) is 73.8 Å². The van der Waals surface area contributed by atoms with E-state index in [-0.39, 0.29) is 5.41 Å². The average molecular weight is 692 g/mol. The van der Waals surface area contributed by atoms with Crippen LogP contribution in [0.15, 0.2) is 84.9 Å². The molecule has 0 spiro atoms. The zero-order chi connectivity index (χ0) is 29.7. The normalized spacial score (nSPS) is 13.0. The first-order valence-corrected chi connectivity index (χ1v) is 24.2. The van der Waals surface area contributed by atoms with Gasteiger partial charge < -0.3 is 4.43 Å². The van der Waals surface area contributed by atoms with Gasteiger partial charge in [-0.3, -0.25) is 0 Å². The molecule has 0 saturated heterocycles. The number of hydrogen-bond donors (Lipinski definition) is 0. The van der Waals surface area contributed by atoms with Gasteiger partial charge in [-0.25, -0.2) is 6.61 Å². The van der Waals surface area contributed by atoms with Gasteiger partial charge in [0.1, 0.15) is 0 Å². The van der Waals surface area contributed by atoms with Crippen molar-refractivity contribution in [1.82, 2.24) is 0 Å². The molecule has 218 valence electrons. The van der Waals surface area contributed by atoms with Gasteiger partial charge in [0.15, 0.2) is 8.32 Å². The van der Waals surface area contributed by atoms with Gasteiger partial charge in [-0.2, -0.15) is 0 Å². The van der Waals surface area contributed by atoms with Gasteiger partial charge in [-0.15, -0.1) is 6.42 Å². The number of rotatable bonds is 10. The fraction of sp³-hybridized carbons (Fsp3) is 0.324. The molecule has 0 aliphatic heterocycles. The molecule has 4 aromatic carbocycles. The van der Waals surface area contributed by atoms with Crippen molar-refractivity contribution in [2.45, 2.75) is 76.9 Å². The van der Waals surface area contributed by atoms with E-state index in [9.17, 15) is 0 Å². The number of halogens is 2. The summed E-state index contributed by atoms with van der Waals surface area (Å²) in [4.78, 5) is 0. The maximum atomic E-state index is 6.85. The van der Waals surface area contributed by atoms with E-state index >= 15 is 0 Å². The summed E-state index contributed by atoms with van der Waals surface area (Å²) in [7, 11) is 8.14. The van der Waals surface area contributed by atoms with Crippen molar-refractivity contribution < 1.29 is 25.3 Å². The molecular formula is C37H41Cl2OSiZr-. The Balaban J connectivity index is 0.00000113. The molecule has 4 aromatic rings. The zero-order valence-electron chi connectivity index (χ0n) is 25.3. The molecule has 42 heavy (non-hydrogen) atoms. The van der Waals surface area contributed by atoms with Crippen LogP contribution in [0.2, 0.25) is 18.1 Å². The minimum atomic E-state index is -1.73. The van der Waals surface area contributed by atoms with E-state index in [4.69, 9.17) is 21.5 Å². The Morgan fingerprint density at radius 2 is 1.10 bits per heavy atom. The predicted octanol–water partition coefficient (Wildman–Crippen LogP) is 11.5. The molecule has 5 heteroatoms. The molecular weight excluding hydrogens is 651 g/mol. The van der Waals surface area contributed by atoms with Gasteiger partial charge >= 0.3 is 37.9 Å². The Bertz CT molecular complexity index is 1420. The van der Waals surface area contributed by atoms with Gasteiger partial charge in [0.2, 0.25) is 0 Å². The molecule has 6 rings (SSSR count). The molecule has 0 heterocycles. The van der Waals surface area contributed by atoms with Crippen molar-refractivity contribution in [3.8, 4) is 22.3 Å². The number of fused-ring (bicyclic) bond motifs is 6. The van der Waals surface area contributed by atoms with Crippen LogP contribution in [0.3, 0.4) is 0 Å². The first-order valence-electron chi connectivity index (χ1n) is 15.4. The maximum absolute atomic E-state index is 6.85. The van der Waals surface area contributed by atoms with Gasteiger partial charge in [0.05, 0.1) is 0 Å². The third-order valence-electron chi connectivity index (χ3n) is 10.0. The summed E-state index contributed by atoms with van der Waals surface area (Å²) in [5, 5.41) is 0. The monoisotopic (exact) mass is 689 g/mol. The SMILES string of the molecule is CCC(C[CH-]O[Si](CC)(CC)CC)(c1cccc2c1Cc1ccccc1-2)c1cccc2c1Cc1ccccc1-2.[Cl][Zr][Cl]. The van der Waals surface area contributed by atoms with E-state index in [0.717, 1.165) is 25.7 Å². The minimum absolute atomic E-state index is 0.143. The summed E-state index contributed by atoms with van der Waals surface area (Å²) >= 11 is -0.826. The molecule has 2 aliphatic carbocycles. The predicted molar refractivity (Wildman–Crippen MR) is 179 cm³/mol. The Hall–Kier alpha value is -1.48. The molecule has 0 radical (unpaired) electrons. The fourth-order valence-electron chi connectivity index (χ4n) is 7.46. The summed E-state index contributed by atoms with van der Waals surface area (Å²) in [5.41, 5.74) is 14.4. The Morgan fingerprint density at radius 1 is 0.667 bits per heavy atom. The zero-order valence-corrected chi connectivity index (χ0v) is 30.2. The van der Waals surface area contributed by atoms with E-state index in [1.807, 2.05) is 0 Å². The average Bonchev–Trinajstić information content (AvgIpc) is 3.61. The Kier molecular flexibility index (Phi) is 10.7. The van der Waals surface area contributed by atoms with Gasteiger partial charge in [0.25, 0.3) is 0 Å². The van der Waals surface area contributed by atoms with Crippen LogP contribution in [0.1, 0.15) is 73.9 Å². The summed E-state index contributed by atoms with van der Waals surface area (Å²) in [6.07, 6.45) is 3.96. The quantitative estimate of drug-likeness (QED) is 0.103. The molecule has 0 unspecified atom stereocenters.